The van der Waals surface area contributed by atoms with Crippen molar-refractivity contribution in [1.82, 2.24) is 4.90 Å². The second kappa shape index (κ2) is 6.06. The van der Waals surface area contributed by atoms with Crippen LogP contribution in [-0.4, -0.2) is 38.6 Å². The van der Waals surface area contributed by atoms with E-state index in [2.05, 4.69) is 54.2 Å². The van der Waals surface area contributed by atoms with Crippen LogP contribution in [0.2, 0.25) is 0 Å². The monoisotopic (exact) mass is 232 g/mol. The average Bonchev–Trinajstić information content (AvgIpc) is 2.39. The van der Waals surface area contributed by atoms with Crippen LogP contribution in [-0.2, 0) is 0 Å². The summed E-state index contributed by atoms with van der Waals surface area (Å²) in [5.41, 5.74) is 1.33. The SMILES string of the molecule is CN1CCC(CCN(C)c2ccccc2)CC1. The summed E-state index contributed by atoms with van der Waals surface area (Å²) in [5, 5.41) is 0. The molecule has 1 aliphatic rings. The van der Waals surface area contributed by atoms with Crippen LogP contribution in [0.1, 0.15) is 19.3 Å². The molecule has 1 heterocycles. The van der Waals surface area contributed by atoms with Crippen molar-refractivity contribution < 1.29 is 0 Å². The van der Waals surface area contributed by atoms with Gasteiger partial charge < -0.3 is 9.80 Å². The van der Waals surface area contributed by atoms with Gasteiger partial charge in [0.2, 0.25) is 0 Å². The minimum atomic E-state index is 0.928. The van der Waals surface area contributed by atoms with Gasteiger partial charge in [-0.25, -0.2) is 0 Å². The molecule has 94 valence electrons. The van der Waals surface area contributed by atoms with Gasteiger partial charge in [0.15, 0.2) is 0 Å². The van der Waals surface area contributed by atoms with Crippen molar-refractivity contribution in [2.45, 2.75) is 19.3 Å². The van der Waals surface area contributed by atoms with Crippen LogP contribution >= 0.6 is 0 Å². The van der Waals surface area contributed by atoms with E-state index in [0.29, 0.717) is 0 Å². The third-order valence-electron chi connectivity index (χ3n) is 3.91. The quantitative estimate of drug-likeness (QED) is 0.787. The first-order valence-electron chi connectivity index (χ1n) is 6.70. The van der Waals surface area contributed by atoms with Crippen molar-refractivity contribution in [2.24, 2.45) is 5.92 Å². The van der Waals surface area contributed by atoms with E-state index in [0.717, 1.165) is 5.92 Å². The minimum absolute atomic E-state index is 0.928. The average molecular weight is 232 g/mol. The molecule has 2 heteroatoms. The number of benzene rings is 1. The Morgan fingerprint density at radius 1 is 1.18 bits per heavy atom. The molecule has 0 unspecified atom stereocenters. The lowest BCUT2D eigenvalue weighted by molar-refractivity contribution is 0.213. The first-order valence-corrected chi connectivity index (χ1v) is 6.70. The molecule has 0 spiro atoms. The van der Waals surface area contributed by atoms with Crippen molar-refractivity contribution in [3.63, 3.8) is 0 Å². The third-order valence-corrected chi connectivity index (χ3v) is 3.91. The standard InChI is InChI=1S/C15H24N2/c1-16-11-8-14(9-12-16)10-13-17(2)15-6-4-3-5-7-15/h3-7,14H,8-13H2,1-2H3. The van der Waals surface area contributed by atoms with E-state index < -0.39 is 0 Å². The highest BCUT2D eigenvalue weighted by molar-refractivity contribution is 5.44. The number of para-hydroxylation sites is 1. The summed E-state index contributed by atoms with van der Waals surface area (Å²) in [6.07, 6.45) is 4.08. The Morgan fingerprint density at radius 3 is 2.47 bits per heavy atom. The fourth-order valence-electron chi connectivity index (χ4n) is 2.54. The van der Waals surface area contributed by atoms with Crippen molar-refractivity contribution in [2.75, 3.05) is 38.6 Å². The fraction of sp³-hybridized carbons (Fsp3) is 0.600. The molecular weight excluding hydrogens is 208 g/mol. The normalized spacial score (nSPS) is 18.2. The molecule has 0 atom stereocenters. The zero-order valence-electron chi connectivity index (χ0n) is 11.1. The Bertz CT molecular complexity index is 315. The van der Waals surface area contributed by atoms with Crippen molar-refractivity contribution in [3.8, 4) is 0 Å². The van der Waals surface area contributed by atoms with E-state index in [4.69, 9.17) is 0 Å². The van der Waals surface area contributed by atoms with Gasteiger partial charge >= 0.3 is 0 Å². The van der Waals surface area contributed by atoms with Gasteiger partial charge in [-0.05, 0) is 57.5 Å². The second-order valence-corrected chi connectivity index (χ2v) is 5.29. The highest BCUT2D eigenvalue weighted by Crippen LogP contribution is 2.21. The Morgan fingerprint density at radius 2 is 1.82 bits per heavy atom. The lowest BCUT2D eigenvalue weighted by Crippen LogP contribution is -2.32. The summed E-state index contributed by atoms with van der Waals surface area (Å²) in [5.74, 6) is 0.928. The Labute approximate surface area is 105 Å². The highest BCUT2D eigenvalue weighted by atomic mass is 15.1. The van der Waals surface area contributed by atoms with Crippen LogP contribution in [0.5, 0.6) is 0 Å². The molecular formula is C15H24N2. The van der Waals surface area contributed by atoms with E-state index in [1.165, 1.54) is 44.6 Å². The maximum atomic E-state index is 2.44. The number of piperidine rings is 1. The maximum absolute atomic E-state index is 2.44. The fourth-order valence-corrected chi connectivity index (χ4v) is 2.54. The zero-order chi connectivity index (χ0) is 12.1. The number of likely N-dealkylation sites (tertiary alicyclic amines) is 1. The molecule has 0 bridgehead atoms. The largest absolute Gasteiger partial charge is 0.375 e. The van der Waals surface area contributed by atoms with Crippen LogP contribution in [0, 0.1) is 5.92 Å². The lowest BCUT2D eigenvalue weighted by Gasteiger charge is -2.30. The molecule has 0 amide bonds. The van der Waals surface area contributed by atoms with E-state index in [1.54, 1.807) is 0 Å². The number of hydrogen-bond donors (Lipinski definition) is 0. The molecule has 1 saturated heterocycles. The highest BCUT2D eigenvalue weighted by Gasteiger charge is 2.16. The summed E-state index contributed by atoms with van der Waals surface area (Å²) >= 11 is 0. The van der Waals surface area contributed by atoms with Gasteiger partial charge in [0.25, 0.3) is 0 Å². The van der Waals surface area contributed by atoms with Crippen molar-refractivity contribution in [3.05, 3.63) is 30.3 Å². The first-order chi connectivity index (χ1) is 8.25. The smallest absolute Gasteiger partial charge is 0.0363 e. The Balaban J connectivity index is 1.75. The summed E-state index contributed by atoms with van der Waals surface area (Å²) < 4.78 is 0. The van der Waals surface area contributed by atoms with Crippen LogP contribution in [0.15, 0.2) is 30.3 Å². The molecule has 1 aromatic carbocycles. The van der Waals surface area contributed by atoms with Crippen LogP contribution in [0.3, 0.4) is 0 Å². The number of anilines is 1. The summed E-state index contributed by atoms with van der Waals surface area (Å²) in [7, 11) is 4.43. The van der Waals surface area contributed by atoms with Gasteiger partial charge in [0, 0.05) is 19.3 Å². The molecule has 1 aromatic rings. The maximum Gasteiger partial charge on any atom is 0.0363 e. The van der Waals surface area contributed by atoms with Gasteiger partial charge in [-0.3, -0.25) is 0 Å². The summed E-state index contributed by atoms with van der Waals surface area (Å²) in [6.45, 7) is 3.73. The van der Waals surface area contributed by atoms with Gasteiger partial charge in [-0.2, -0.15) is 0 Å². The number of nitrogens with zero attached hydrogens (tertiary/aromatic N) is 2. The van der Waals surface area contributed by atoms with E-state index in [1.807, 2.05) is 0 Å². The van der Waals surface area contributed by atoms with Crippen LogP contribution in [0.25, 0.3) is 0 Å². The Kier molecular flexibility index (Phi) is 4.43. The summed E-state index contributed by atoms with van der Waals surface area (Å²) in [4.78, 5) is 4.82. The molecule has 0 radical (unpaired) electrons. The number of rotatable bonds is 4. The molecule has 1 fully saturated rings. The topological polar surface area (TPSA) is 6.48 Å². The number of hydrogen-bond acceptors (Lipinski definition) is 2. The van der Waals surface area contributed by atoms with Gasteiger partial charge in [0.1, 0.15) is 0 Å². The van der Waals surface area contributed by atoms with E-state index >= 15 is 0 Å². The molecule has 0 aromatic heterocycles. The predicted octanol–water partition coefficient (Wildman–Crippen LogP) is 2.85. The molecule has 17 heavy (non-hydrogen) atoms. The third kappa shape index (κ3) is 3.74. The first kappa shape index (κ1) is 12.4. The van der Waals surface area contributed by atoms with Gasteiger partial charge in [0.05, 0.1) is 0 Å². The van der Waals surface area contributed by atoms with Crippen molar-refractivity contribution in [1.29, 1.82) is 0 Å². The Hall–Kier alpha value is -1.02. The zero-order valence-corrected chi connectivity index (χ0v) is 11.1. The second-order valence-electron chi connectivity index (χ2n) is 5.29. The van der Waals surface area contributed by atoms with E-state index in [9.17, 15) is 0 Å². The minimum Gasteiger partial charge on any atom is -0.375 e. The van der Waals surface area contributed by atoms with Crippen LogP contribution in [0.4, 0.5) is 5.69 Å². The molecule has 0 saturated carbocycles. The molecule has 0 aliphatic carbocycles. The van der Waals surface area contributed by atoms with Gasteiger partial charge in [-0.15, -0.1) is 0 Å². The van der Waals surface area contributed by atoms with Crippen molar-refractivity contribution >= 4 is 5.69 Å². The van der Waals surface area contributed by atoms with Crippen LogP contribution < -0.4 is 4.90 Å². The lowest BCUT2D eigenvalue weighted by atomic mass is 9.93. The molecule has 1 aliphatic heterocycles. The molecule has 2 rings (SSSR count). The van der Waals surface area contributed by atoms with E-state index in [-0.39, 0.29) is 0 Å². The molecule has 2 nitrogen and oxygen atoms in total. The predicted molar refractivity (Wildman–Crippen MR) is 74.6 cm³/mol. The summed E-state index contributed by atoms with van der Waals surface area (Å²) in [6, 6.07) is 10.7. The van der Waals surface area contributed by atoms with Gasteiger partial charge in [-0.1, -0.05) is 18.2 Å². The molecule has 0 N–H and O–H groups in total.